The van der Waals surface area contributed by atoms with Gasteiger partial charge >= 0.3 is 10.2 Å². The van der Waals surface area contributed by atoms with Crippen molar-refractivity contribution in [2.75, 3.05) is 22.9 Å². The molecule has 2 rings (SSSR count). The summed E-state index contributed by atoms with van der Waals surface area (Å²) < 4.78 is 35.5. The Labute approximate surface area is 132 Å². The van der Waals surface area contributed by atoms with Gasteiger partial charge in [0.2, 0.25) is 5.91 Å². The van der Waals surface area contributed by atoms with Gasteiger partial charge in [-0.25, -0.2) is 0 Å². The van der Waals surface area contributed by atoms with Crippen LogP contribution in [0.4, 0.5) is 15.3 Å². The number of rotatable bonds is 3. The fraction of sp³-hybridized carbons (Fsp3) is 0.364. The lowest BCUT2D eigenvalue weighted by atomic mass is 10.1. The summed E-state index contributed by atoms with van der Waals surface area (Å²) in [6, 6.07) is 3.32. The van der Waals surface area contributed by atoms with Crippen molar-refractivity contribution >= 4 is 59.4 Å². The average molecular weight is 430 g/mol. The van der Waals surface area contributed by atoms with Crippen molar-refractivity contribution in [2.24, 2.45) is 5.92 Å². The van der Waals surface area contributed by atoms with Gasteiger partial charge in [0.15, 0.2) is 0 Å². The molecule has 9 heteroatoms. The number of carbonyl (C=O) groups excluding carboxylic acids is 1. The minimum Gasteiger partial charge on any atom is -0.397 e. The summed E-state index contributed by atoms with van der Waals surface area (Å²) in [5, 5.41) is 0. The summed E-state index contributed by atoms with van der Waals surface area (Å²) in [4.78, 5) is 13.3. The molecule has 0 radical (unpaired) electrons. The Morgan fingerprint density at radius 2 is 1.95 bits per heavy atom. The highest BCUT2D eigenvalue weighted by Crippen LogP contribution is 2.36. The van der Waals surface area contributed by atoms with E-state index >= 15 is 0 Å². The molecule has 1 amide bonds. The van der Waals surface area contributed by atoms with E-state index in [1.165, 1.54) is 4.90 Å². The number of benzene rings is 1. The maximum Gasteiger partial charge on any atom is 0.302 e. The lowest BCUT2D eigenvalue weighted by molar-refractivity contribution is -0.117. The molecule has 5 nitrogen and oxygen atoms in total. The molecule has 1 heterocycles. The van der Waals surface area contributed by atoms with Crippen LogP contribution in [-0.4, -0.2) is 26.6 Å². The molecule has 1 unspecified atom stereocenters. The summed E-state index contributed by atoms with van der Waals surface area (Å²) >= 11 is 6.61. The number of amides is 1. The fourth-order valence-electron chi connectivity index (χ4n) is 2.19. The largest absolute Gasteiger partial charge is 0.397 e. The first kappa shape index (κ1) is 15.7. The van der Waals surface area contributed by atoms with Crippen molar-refractivity contribution in [1.82, 2.24) is 0 Å². The fourth-order valence-corrected chi connectivity index (χ4v) is 3.67. The second-order valence-corrected chi connectivity index (χ2v) is 7.72. The van der Waals surface area contributed by atoms with Gasteiger partial charge in [0.1, 0.15) is 0 Å². The van der Waals surface area contributed by atoms with E-state index < -0.39 is 21.9 Å². The van der Waals surface area contributed by atoms with E-state index in [0.29, 0.717) is 11.4 Å². The van der Waals surface area contributed by atoms with Crippen molar-refractivity contribution < 1.29 is 17.1 Å². The molecule has 0 spiro atoms. The van der Waals surface area contributed by atoms with Gasteiger partial charge < -0.3 is 10.6 Å². The topological polar surface area (TPSA) is 80.5 Å². The third-order valence-corrected chi connectivity index (χ3v) is 5.71. The summed E-state index contributed by atoms with van der Waals surface area (Å²) in [7, 11) is -4.59. The van der Waals surface area contributed by atoms with E-state index in [1.54, 1.807) is 12.1 Å². The van der Waals surface area contributed by atoms with Crippen LogP contribution in [0, 0.1) is 5.92 Å². The molecule has 1 aromatic carbocycles. The molecule has 20 heavy (non-hydrogen) atoms. The summed E-state index contributed by atoms with van der Waals surface area (Å²) in [5.74, 6) is -1.47. The first-order chi connectivity index (χ1) is 9.17. The van der Waals surface area contributed by atoms with Gasteiger partial charge in [-0.15, -0.1) is 3.89 Å². The molecule has 0 aromatic heterocycles. The van der Waals surface area contributed by atoms with E-state index in [9.17, 15) is 17.1 Å². The lowest BCUT2D eigenvalue weighted by Crippen LogP contribution is -2.26. The Morgan fingerprint density at radius 1 is 1.35 bits per heavy atom. The summed E-state index contributed by atoms with van der Waals surface area (Å²) in [5.41, 5.74) is 6.74. The average Bonchev–Trinajstić information content (AvgIpc) is 2.62. The predicted molar refractivity (Wildman–Crippen MR) is 81.6 cm³/mol. The van der Waals surface area contributed by atoms with Crippen molar-refractivity contribution in [3.63, 3.8) is 0 Å². The standard InChI is InChI=1S/C11H11Br2FN2O3S/c12-7-2-9(15)10(3-8(7)13)16-4-6(1-11(16)17)5-20(14,18)19/h2-3,6H,1,4-5,15H2. The molecular weight excluding hydrogens is 419 g/mol. The van der Waals surface area contributed by atoms with Crippen LogP contribution in [0.15, 0.2) is 21.1 Å². The zero-order valence-electron chi connectivity index (χ0n) is 10.1. The Morgan fingerprint density at radius 3 is 2.55 bits per heavy atom. The molecule has 1 aromatic rings. The van der Waals surface area contributed by atoms with Crippen LogP contribution in [0.3, 0.4) is 0 Å². The van der Waals surface area contributed by atoms with Crippen LogP contribution in [-0.2, 0) is 15.0 Å². The van der Waals surface area contributed by atoms with Gasteiger partial charge in [0, 0.05) is 27.8 Å². The second kappa shape index (κ2) is 5.61. The molecule has 1 atom stereocenters. The molecular formula is C11H11Br2FN2O3S. The van der Waals surface area contributed by atoms with E-state index in [-0.39, 0.29) is 18.9 Å². The summed E-state index contributed by atoms with van der Waals surface area (Å²) in [6.07, 6.45) is -0.00370. The van der Waals surface area contributed by atoms with Crippen LogP contribution >= 0.6 is 31.9 Å². The third kappa shape index (κ3) is 3.50. The van der Waals surface area contributed by atoms with Crippen LogP contribution < -0.4 is 10.6 Å². The molecule has 1 aliphatic heterocycles. The molecule has 1 aliphatic rings. The van der Waals surface area contributed by atoms with Crippen molar-refractivity contribution in [3.8, 4) is 0 Å². The minimum atomic E-state index is -4.59. The maximum atomic E-state index is 12.7. The normalized spacial score (nSPS) is 19.6. The highest BCUT2D eigenvalue weighted by Gasteiger charge is 2.34. The van der Waals surface area contributed by atoms with Crippen molar-refractivity contribution in [1.29, 1.82) is 0 Å². The zero-order chi connectivity index (χ0) is 15.1. The highest BCUT2D eigenvalue weighted by atomic mass is 79.9. The van der Waals surface area contributed by atoms with E-state index in [4.69, 9.17) is 5.73 Å². The number of hydrogen-bond donors (Lipinski definition) is 1. The Kier molecular flexibility index (Phi) is 4.41. The Bertz CT molecular complexity index is 666. The zero-order valence-corrected chi connectivity index (χ0v) is 14.1. The van der Waals surface area contributed by atoms with Crippen LogP contribution in [0.25, 0.3) is 0 Å². The number of nitrogens with two attached hydrogens (primary N) is 1. The van der Waals surface area contributed by atoms with Crippen LogP contribution in [0.5, 0.6) is 0 Å². The molecule has 2 N–H and O–H groups in total. The number of carbonyl (C=O) groups is 1. The first-order valence-electron chi connectivity index (χ1n) is 5.64. The summed E-state index contributed by atoms with van der Waals surface area (Å²) in [6.45, 7) is 0.139. The van der Waals surface area contributed by atoms with Crippen molar-refractivity contribution in [2.45, 2.75) is 6.42 Å². The number of nitrogens with zero attached hydrogens (tertiary/aromatic N) is 1. The smallest absolute Gasteiger partial charge is 0.302 e. The highest BCUT2D eigenvalue weighted by molar-refractivity contribution is 9.13. The second-order valence-electron chi connectivity index (χ2n) is 4.61. The van der Waals surface area contributed by atoms with Crippen LogP contribution in [0.1, 0.15) is 6.42 Å². The molecule has 1 fully saturated rings. The quantitative estimate of drug-likeness (QED) is 0.591. The minimum absolute atomic E-state index is 0.00370. The number of anilines is 2. The predicted octanol–water partition coefficient (Wildman–Crippen LogP) is 2.45. The van der Waals surface area contributed by atoms with Gasteiger partial charge in [0.25, 0.3) is 0 Å². The van der Waals surface area contributed by atoms with Gasteiger partial charge in [-0.1, -0.05) is 0 Å². The molecule has 0 saturated carbocycles. The SMILES string of the molecule is Nc1cc(Br)c(Br)cc1N1CC(CS(=O)(=O)F)CC1=O. The Balaban J connectivity index is 2.26. The lowest BCUT2D eigenvalue weighted by Gasteiger charge is -2.19. The number of hydrogen-bond acceptors (Lipinski definition) is 4. The van der Waals surface area contributed by atoms with Crippen molar-refractivity contribution in [3.05, 3.63) is 21.1 Å². The molecule has 110 valence electrons. The van der Waals surface area contributed by atoms with Gasteiger partial charge in [-0.05, 0) is 44.0 Å². The first-order valence-corrected chi connectivity index (χ1v) is 8.78. The van der Waals surface area contributed by atoms with Gasteiger partial charge in [0.05, 0.1) is 17.1 Å². The monoisotopic (exact) mass is 428 g/mol. The van der Waals surface area contributed by atoms with E-state index in [1.807, 2.05) is 0 Å². The van der Waals surface area contributed by atoms with Gasteiger partial charge in [-0.2, -0.15) is 8.42 Å². The maximum absolute atomic E-state index is 12.7. The molecule has 1 saturated heterocycles. The third-order valence-electron chi connectivity index (χ3n) is 3.00. The number of halogens is 3. The molecule has 0 aliphatic carbocycles. The Hall–Kier alpha value is -0.670. The van der Waals surface area contributed by atoms with E-state index in [0.717, 1.165) is 8.95 Å². The van der Waals surface area contributed by atoms with Gasteiger partial charge in [-0.3, -0.25) is 4.79 Å². The number of nitrogen functional groups attached to an aromatic ring is 1. The van der Waals surface area contributed by atoms with Crippen LogP contribution in [0.2, 0.25) is 0 Å². The van der Waals surface area contributed by atoms with E-state index in [2.05, 4.69) is 31.9 Å². The molecule has 0 bridgehead atoms.